The van der Waals surface area contributed by atoms with E-state index in [9.17, 15) is 0 Å². The average Bonchev–Trinajstić information content (AvgIpc) is 3.37. The second-order valence-electron chi connectivity index (χ2n) is 16.5. The van der Waals surface area contributed by atoms with E-state index in [1.807, 2.05) is 13.8 Å². The molecule has 64 heavy (non-hydrogen) atoms. The fourth-order valence-corrected chi connectivity index (χ4v) is 9.60. The molecule has 1 unspecified atom stereocenters. The van der Waals surface area contributed by atoms with Gasteiger partial charge in [-0.3, -0.25) is 0 Å². The van der Waals surface area contributed by atoms with Crippen molar-refractivity contribution in [2.45, 2.75) is 40.0 Å². The first kappa shape index (κ1) is 41.8. The Balaban J connectivity index is 0.000000206. The van der Waals surface area contributed by atoms with Crippen LogP contribution in [0, 0.1) is 6.92 Å². The van der Waals surface area contributed by atoms with Crippen LogP contribution < -0.4 is 0 Å². The van der Waals surface area contributed by atoms with Crippen molar-refractivity contribution in [2.75, 3.05) is 0 Å². The van der Waals surface area contributed by atoms with Crippen molar-refractivity contribution in [3.8, 4) is 55.6 Å². The summed E-state index contributed by atoms with van der Waals surface area (Å²) in [5.74, 6) is 0.318. The Kier molecular flexibility index (Phi) is 12.6. The Bertz CT molecular complexity index is 3080. The van der Waals surface area contributed by atoms with Crippen LogP contribution in [0.2, 0.25) is 0 Å². The molecular formula is C64H54. The van der Waals surface area contributed by atoms with Crippen LogP contribution in [0.1, 0.15) is 55.4 Å². The minimum Gasteiger partial charge on any atom is -0.0800 e. The molecule has 0 amide bonds. The highest BCUT2D eigenvalue weighted by Crippen LogP contribution is 2.47. The van der Waals surface area contributed by atoms with E-state index in [4.69, 9.17) is 0 Å². The van der Waals surface area contributed by atoms with Gasteiger partial charge in [0.05, 0.1) is 0 Å². The Morgan fingerprint density at radius 3 is 1.23 bits per heavy atom. The quantitative estimate of drug-likeness (QED) is 0.147. The largest absolute Gasteiger partial charge is 0.0800 e. The summed E-state index contributed by atoms with van der Waals surface area (Å²) in [4.78, 5) is 0. The van der Waals surface area contributed by atoms with E-state index in [-0.39, 0.29) is 0 Å². The lowest BCUT2D eigenvalue weighted by Crippen LogP contribution is -2.09. The maximum absolute atomic E-state index is 2.45. The van der Waals surface area contributed by atoms with Gasteiger partial charge in [0, 0.05) is 5.92 Å². The molecule has 1 atom stereocenters. The molecule has 0 bridgehead atoms. The van der Waals surface area contributed by atoms with Crippen LogP contribution in [0.25, 0.3) is 82.8 Å². The number of benzene rings is 10. The minimum atomic E-state index is 0.318. The van der Waals surface area contributed by atoms with Gasteiger partial charge in [-0.15, -0.1) is 0 Å². The van der Waals surface area contributed by atoms with Crippen molar-refractivity contribution < 1.29 is 0 Å². The van der Waals surface area contributed by atoms with Crippen LogP contribution in [-0.4, -0.2) is 0 Å². The molecule has 0 saturated heterocycles. The number of fused-ring (bicyclic) bond motifs is 3. The van der Waals surface area contributed by atoms with Crippen LogP contribution in [0.15, 0.2) is 237 Å². The SMILES string of the molecule is CC.CC1=CCC(c2ccccc2-c2ccccc2)c2ccc(-c3c4ccccc4c(-c4ccccc4)c4ccccc34)cc21.Cc1cc(-c2ccccc2)cc(-c2ccccc2)c1. The lowest BCUT2D eigenvalue weighted by molar-refractivity contribution is 0.816. The molecule has 10 aromatic carbocycles. The van der Waals surface area contributed by atoms with Gasteiger partial charge in [0.2, 0.25) is 0 Å². The highest BCUT2D eigenvalue weighted by Gasteiger charge is 2.25. The van der Waals surface area contributed by atoms with Crippen molar-refractivity contribution in [1.29, 1.82) is 0 Å². The number of rotatable bonds is 6. The van der Waals surface area contributed by atoms with Gasteiger partial charge in [0.15, 0.2) is 0 Å². The lowest BCUT2D eigenvalue weighted by Gasteiger charge is -2.28. The molecule has 310 valence electrons. The van der Waals surface area contributed by atoms with Crippen LogP contribution in [0.5, 0.6) is 0 Å². The molecule has 0 heterocycles. The number of hydrogen-bond acceptors (Lipinski definition) is 0. The molecule has 0 radical (unpaired) electrons. The summed E-state index contributed by atoms with van der Waals surface area (Å²) < 4.78 is 0. The third kappa shape index (κ3) is 8.48. The molecule has 10 aromatic rings. The van der Waals surface area contributed by atoms with Gasteiger partial charge in [0.1, 0.15) is 0 Å². The first-order valence-electron chi connectivity index (χ1n) is 22.8. The number of hydrogen-bond donors (Lipinski definition) is 0. The fraction of sp³-hybridized carbons (Fsp3) is 0.0938. The van der Waals surface area contributed by atoms with E-state index < -0.39 is 0 Å². The second kappa shape index (κ2) is 19.2. The Labute approximate surface area is 379 Å². The zero-order valence-electron chi connectivity index (χ0n) is 37.3. The average molecular weight is 823 g/mol. The predicted octanol–water partition coefficient (Wildman–Crippen LogP) is 18.3. The minimum absolute atomic E-state index is 0.318. The number of aryl methyl sites for hydroxylation is 1. The molecule has 1 aliphatic carbocycles. The van der Waals surface area contributed by atoms with Crippen molar-refractivity contribution >= 4 is 27.1 Å². The summed E-state index contributed by atoms with van der Waals surface area (Å²) in [6.45, 7) is 8.43. The van der Waals surface area contributed by atoms with E-state index in [0.717, 1.165) is 6.42 Å². The normalized spacial score (nSPS) is 12.9. The van der Waals surface area contributed by atoms with Gasteiger partial charge in [-0.25, -0.2) is 0 Å². The Morgan fingerprint density at radius 1 is 0.312 bits per heavy atom. The molecule has 0 fully saturated rings. The van der Waals surface area contributed by atoms with Crippen molar-refractivity contribution in [1.82, 2.24) is 0 Å². The summed E-state index contributed by atoms with van der Waals surface area (Å²) in [7, 11) is 0. The molecule has 1 aliphatic rings. The molecule has 0 saturated carbocycles. The van der Waals surface area contributed by atoms with Crippen molar-refractivity contribution in [2.24, 2.45) is 0 Å². The third-order valence-electron chi connectivity index (χ3n) is 12.5. The van der Waals surface area contributed by atoms with E-state index >= 15 is 0 Å². The molecule has 0 aliphatic heterocycles. The highest BCUT2D eigenvalue weighted by molar-refractivity contribution is 6.21. The first-order valence-corrected chi connectivity index (χ1v) is 22.8. The van der Waals surface area contributed by atoms with E-state index in [2.05, 4.69) is 250 Å². The zero-order valence-corrected chi connectivity index (χ0v) is 37.3. The van der Waals surface area contributed by atoms with Crippen LogP contribution in [0.3, 0.4) is 0 Å². The molecule has 0 nitrogen and oxygen atoms in total. The fourth-order valence-electron chi connectivity index (χ4n) is 9.60. The predicted molar refractivity (Wildman–Crippen MR) is 278 cm³/mol. The highest BCUT2D eigenvalue weighted by atomic mass is 14.3. The van der Waals surface area contributed by atoms with Crippen LogP contribution in [-0.2, 0) is 0 Å². The van der Waals surface area contributed by atoms with E-state index in [0.29, 0.717) is 5.92 Å². The van der Waals surface area contributed by atoms with Gasteiger partial charge in [-0.2, -0.15) is 0 Å². The maximum atomic E-state index is 2.45. The standard InChI is InChI=1S/C43H32.C19H16.C2H6/c1-29-24-26-35(34-19-9-8-18-33(34)30-14-4-2-5-15-30)36-27-25-32(28-41(29)36)43-39-22-12-10-20-37(39)42(31-16-6-3-7-17-31)38-21-11-13-23-40(38)43;1-15-12-18(16-8-4-2-5-9-16)14-19(13-15)17-10-6-3-7-11-17;1-2/h2-25,27-28,35H,26H2,1H3;2-14H,1H3;1-2H3. The topological polar surface area (TPSA) is 0 Å². The van der Waals surface area contributed by atoms with Gasteiger partial charge >= 0.3 is 0 Å². The molecule has 0 aromatic heterocycles. The summed E-state index contributed by atoms with van der Waals surface area (Å²) in [5, 5.41) is 5.18. The van der Waals surface area contributed by atoms with Crippen LogP contribution in [0.4, 0.5) is 0 Å². The maximum Gasteiger partial charge on any atom is 0.0136 e. The van der Waals surface area contributed by atoms with Gasteiger partial charge in [-0.1, -0.05) is 238 Å². The summed E-state index contributed by atoms with van der Waals surface area (Å²) >= 11 is 0. The smallest absolute Gasteiger partial charge is 0.0136 e. The summed E-state index contributed by atoms with van der Waals surface area (Å²) in [6, 6.07) is 83.5. The lowest BCUT2D eigenvalue weighted by atomic mass is 9.76. The monoisotopic (exact) mass is 822 g/mol. The molecule has 0 N–H and O–H groups in total. The molecule has 0 spiro atoms. The summed E-state index contributed by atoms with van der Waals surface area (Å²) in [5.41, 5.74) is 19.7. The van der Waals surface area contributed by atoms with Gasteiger partial charge in [-0.05, 0) is 137 Å². The van der Waals surface area contributed by atoms with E-state index in [1.54, 1.807) is 0 Å². The Morgan fingerprint density at radius 2 is 0.719 bits per heavy atom. The van der Waals surface area contributed by atoms with Crippen molar-refractivity contribution in [3.63, 3.8) is 0 Å². The molecule has 11 rings (SSSR count). The van der Waals surface area contributed by atoms with E-state index in [1.165, 1.54) is 105 Å². The summed E-state index contributed by atoms with van der Waals surface area (Å²) in [6.07, 6.45) is 3.45. The molecular weight excluding hydrogens is 769 g/mol. The number of allylic oxidation sites excluding steroid dienone is 2. The first-order chi connectivity index (χ1) is 31.6. The zero-order chi connectivity index (χ0) is 43.8. The van der Waals surface area contributed by atoms with Crippen LogP contribution >= 0.6 is 0 Å². The van der Waals surface area contributed by atoms with Gasteiger partial charge < -0.3 is 0 Å². The second-order valence-corrected chi connectivity index (χ2v) is 16.5. The van der Waals surface area contributed by atoms with Crippen molar-refractivity contribution in [3.05, 3.63) is 259 Å². The third-order valence-corrected chi connectivity index (χ3v) is 12.5. The Hall–Kier alpha value is -7.54. The van der Waals surface area contributed by atoms with Gasteiger partial charge in [0.25, 0.3) is 0 Å². The molecule has 0 heteroatoms.